The van der Waals surface area contributed by atoms with Crippen LogP contribution in [0.5, 0.6) is 5.75 Å². The maximum absolute atomic E-state index is 12.2. The number of allylic oxidation sites excluding steroid dienone is 1. The molecule has 0 saturated carbocycles. The molecule has 0 bridgehead atoms. The Morgan fingerprint density at radius 1 is 0.905 bits per heavy atom. The molecule has 3 heteroatoms. The average Bonchev–Trinajstić information content (AvgIpc) is 2.78. The highest BCUT2D eigenvalue weighted by Gasteiger charge is 2.36. The summed E-state index contributed by atoms with van der Waals surface area (Å²) in [6.45, 7) is 0. The molecule has 0 N–H and O–H groups in total. The van der Waals surface area contributed by atoms with E-state index in [4.69, 9.17) is 4.74 Å². The van der Waals surface area contributed by atoms with Gasteiger partial charge in [0.2, 0.25) is 0 Å². The molecule has 0 aliphatic heterocycles. The molecule has 2 aromatic carbocycles. The van der Waals surface area contributed by atoms with Crippen molar-refractivity contribution in [3.8, 4) is 5.75 Å². The van der Waals surface area contributed by atoms with Gasteiger partial charge in [0.15, 0.2) is 11.6 Å². The monoisotopic (exact) mass is 278 g/mol. The Kier molecular flexibility index (Phi) is 3.40. The summed E-state index contributed by atoms with van der Waals surface area (Å²) >= 11 is 0. The van der Waals surface area contributed by atoms with Gasteiger partial charge in [-0.1, -0.05) is 48.6 Å². The van der Waals surface area contributed by atoms with E-state index in [9.17, 15) is 9.59 Å². The van der Waals surface area contributed by atoms with E-state index in [0.29, 0.717) is 11.1 Å². The van der Waals surface area contributed by atoms with E-state index in [1.54, 1.807) is 43.5 Å². The summed E-state index contributed by atoms with van der Waals surface area (Å²) in [5.41, 5.74) is 1.96. The van der Waals surface area contributed by atoms with Crippen LogP contribution in [-0.4, -0.2) is 18.7 Å². The second kappa shape index (κ2) is 5.37. The molecule has 0 radical (unpaired) electrons. The lowest BCUT2D eigenvalue weighted by Gasteiger charge is -2.01. The molecule has 3 nitrogen and oxygen atoms in total. The van der Waals surface area contributed by atoms with Crippen molar-refractivity contribution in [2.75, 3.05) is 7.11 Å². The fourth-order valence-corrected chi connectivity index (χ4v) is 2.46. The SMILES string of the molecule is COc1ccc(/C=C\C2C(=O)c3ccccc3C2=O)cc1. The Morgan fingerprint density at radius 3 is 2.00 bits per heavy atom. The van der Waals surface area contributed by atoms with Gasteiger partial charge in [0.1, 0.15) is 11.7 Å². The van der Waals surface area contributed by atoms with Crippen LogP contribution >= 0.6 is 0 Å². The number of carbonyl (C=O) groups is 2. The van der Waals surface area contributed by atoms with Crippen molar-refractivity contribution in [1.82, 2.24) is 0 Å². The molecule has 1 aliphatic carbocycles. The van der Waals surface area contributed by atoms with Crippen molar-refractivity contribution in [3.05, 3.63) is 71.3 Å². The minimum absolute atomic E-state index is 0.125. The normalized spacial score (nSPS) is 14.7. The molecule has 0 heterocycles. The number of benzene rings is 2. The number of methoxy groups -OCH3 is 1. The van der Waals surface area contributed by atoms with Crippen molar-refractivity contribution >= 4 is 17.6 Å². The number of fused-ring (bicyclic) bond motifs is 1. The molecule has 1 aliphatic rings. The molecule has 0 amide bonds. The first-order valence-electron chi connectivity index (χ1n) is 6.70. The Morgan fingerprint density at radius 2 is 1.48 bits per heavy atom. The summed E-state index contributed by atoms with van der Waals surface area (Å²) in [6.07, 6.45) is 3.47. The van der Waals surface area contributed by atoms with Crippen LogP contribution in [0.15, 0.2) is 54.6 Å². The van der Waals surface area contributed by atoms with Gasteiger partial charge in [-0.05, 0) is 17.7 Å². The molecular formula is C18H14O3. The van der Waals surface area contributed by atoms with E-state index < -0.39 is 5.92 Å². The Bertz CT molecular complexity index is 691. The quantitative estimate of drug-likeness (QED) is 0.808. The maximum Gasteiger partial charge on any atom is 0.178 e. The molecule has 0 unspecified atom stereocenters. The highest BCUT2D eigenvalue weighted by Crippen LogP contribution is 2.28. The minimum atomic E-state index is -0.704. The topological polar surface area (TPSA) is 43.4 Å². The number of rotatable bonds is 3. The lowest BCUT2D eigenvalue weighted by Crippen LogP contribution is -2.11. The predicted molar refractivity (Wildman–Crippen MR) is 80.6 cm³/mol. The molecule has 0 saturated heterocycles. The van der Waals surface area contributed by atoms with E-state index >= 15 is 0 Å². The van der Waals surface area contributed by atoms with Crippen molar-refractivity contribution in [3.63, 3.8) is 0 Å². The van der Waals surface area contributed by atoms with Crippen LogP contribution in [0.25, 0.3) is 6.08 Å². The zero-order valence-electron chi connectivity index (χ0n) is 11.6. The van der Waals surface area contributed by atoms with Gasteiger partial charge in [0, 0.05) is 11.1 Å². The standard InChI is InChI=1S/C18H14O3/c1-21-13-9-6-12(7-10-13)8-11-16-17(19)14-4-2-3-5-15(14)18(16)20/h2-11,16H,1H3/b11-8-. The van der Waals surface area contributed by atoms with Crippen molar-refractivity contribution in [2.45, 2.75) is 0 Å². The second-order valence-electron chi connectivity index (χ2n) is 4.88. The van der Waals surface area contributed by atoms with Crippen LogP contribution in [0.3, 0.4) is 0 Å². The van der Waals surface area contributed by atoms with E-state index in [0.717, 1.165) is 11.3 Å². The van der Waals surface area contributed by atoms with E-state index in [1.165, 1.54) is 0 Å². The van der Waals surface area contributed by atoms with Gasteiger partial charge in [0.25, 0.3) is 0 Å². The zero-order valence-corrected chi connectivity index (χ0v) is 11.6. The van der Waals surface area contributed by atoms with Crippen LogP contribution in [0.4, 0.5) is 0 Å². The van der Waals surface area contributed by atoms with Crippen LogP contribution < -0.4 is 4.74 Å². The van der Waals surface area contributed by atoms with Gasteiger partial charge in [0.05, 0.1) is 7.11 Å². The molecule has 21 heavy (non-hydrogen) atoms. The van der Waals surface area contributed by atoms with Crippen molar-refractivity contribution in [1.29, 1.82) is 0 Å². The molecule has 0 atom stereocenters. The number of Topliss-reactive ketones (excluding diaryl/α,β-unsaturated/α-hetero) is 2. The van der Waals surface area contributed by atoms with Gasteiger partial charge in [-0.15, -0.1) is 0 Å². The molecule has 0 fully saturated rings. The third-order valence-corrected chi connectivity index (χ3v) is 3.62. The molecule has 2 aromatic rings. The highest BCUT2D eigenvalue weighted by molar-refractivity contribution is 6.27. The van der Waals surface area contributed by atoms with Crippen molar-refractivity contribution in [2.24, 2.45) is 5.92 Å². The smallest absolute Gasteiger partial charge is 0.178 e. The van der Waals surface area contributed by atoms with Gasteiger partial charge in [-0.25, -0.2) is 0 Å². The van der Waals surface area contributed by atoms with E-state index in [1.807, 2.05) is 24.3 Å². The summed E-state index contributed by atoms with van der Waals surface area (Å²) in [5, 5.41) is 0. The van der Waals surface area contributed by atoms with Crippen LogP contribution in [-0.2, 0) is 0 Å². The Hall–Kier alpha value is -2.68. The maximum atomic E-state index is 12.2. The van der Waals surface area contributed by atoms with E-state index in [-0.39, 0.29) is 11.6 Å². The first kappa shape index (κ1) is 13.3. The number of hydrogen-bond acceptors (Lipinski definition) is 3. The second-order valence-corrected chi connectivity index (χ2v) is 4.88. The number of hydrogen-bond donors (Lipinski definition) is 0. The van der Waals surface area contributed by atoms with Gasteiger partial charge >= 0.3 is 0 Å². The molecule has 0 aromatic heterocycles. The molecule has 104 valence electrons. The summed E-state index contributed by atoms with van der Waals surface area (Å²) in [7, 11) is 1.61. The summed E-state index contributed by atoms with van der Waals surface area (Å²) < 4.78 is 5.09. The minimum Gasteiger partial charge on any atom is -0.497 e. The molecule has 3 rings (SSSR count). The lowest BCUT2D eigenvalue weighted by molar-refractivity contribution is 0.0872. The summed E-state index contributed by atoms with van der Waals surface area (Å²) in [5.74, 6) is -0.183. The van der Waals surface area contributed by atoms with E-state index in [2.05, 4.69) is 0 Å². The number of ether oxygens (including phenoxy) is 1. The van der Waals surface area contributed by atoms with Gasteiger partial charge in [-0.2, -0.15) is 0 Å². The van der Waals surface area contributed by atoms with Crippen LogP contribution in [0, 0.1) is 5.92 Å². The highest BCUT2D eigenvalue weighted by atomic mass is 16.5. The van der Waals surface area contributed by atoms with Crippen LogP contribution in [0.1, 0.15) is 26.3 Å². The predicted octanol–water partition coefficient (Wildman–Crippen LogP) is 3.40. The van der Waals surface area contributed by atoms with Crippen LogP contribution in [0.2, 0.25) is 0 Å². The van der Waals surface area contributed by atoms with Crippen molar-refractivity contribution < 1.29 is 14.3 Å². The lowest BCUT2D eigenvalue weighted by atomic mass is 10.0. The number of carbonyl (C=O) groups excluding carboxylic acids is 2. The first-order valence-corrected chi connectivity index (χ1v) is 6.70. The average molecular weight is 278 g/mol. The third-order valence-electron chi connectivity index (χ3n) is 3.62. The summed E-state index contributed by atoms with van der Waals surface area (Å²) in [6, 6.07) is 14.4. The number of ketones is 2. The first-order chi connectivity index (χ1) is 10.2. The zero-order chi connectivity index (χ0) is 14.8. The van der Waals surface area contributed by atoms with Gasteiger partial charge < -0.3 is 4.74 Å². The molecular weight excluding hydrogens is 264 g/mol. The third kappa shape index (κ3) is 2.38. The Labute approximate surface area is 122 Å². The molecule has 0 spiro atoms. The fourth-order valence-electron chi connectivity index (χ4n) is 2.46. The Balaban J connectivity index is 1.84. The largest absolute Gasteiger partial charge is 0.497 e. The fraction of sp³-hybridized carbons (Fsp3) is 0.111. The van der Waals surface area contributed by atoms with Gasteiger partial charge in [-0.3, -0.25) is 9.59 Å². The summed E-state index contributed by atoms with van der Waals surface area (Å²) in [4.78, 5) is 24.5.